The van der Waals surface area contributed by atoms with Crippen LogP contribution in [0, 0.1) is 5.82 Å². The molecular formula is C14H17FN2S. The fourth-order valence-corrected chi connectivity index (χ4v) is 2.64. The van der Waals surface area contributed by atoms with Crippen LogP contribution in [0.25, 0.3) is 0 Å². The van der Waals surface area contributed by atoms with Crippen LogP contribution in [-0.2, 0) is 6.42 Å². The first-order chi connectivity index (χ1) is 8.79. The van der Waals surface area contributed by atoms with Gasteiger partial charge in [-0.2, -0.15) is 11.3 Å². The van der Waals surface area contributed by atoms with Crippen LogP contribution in [0.1, 0.15) is 30.6 Å². The number of rotatable bonds is 6. The highest BCUT2D eigenvalue weighted by Gasteiger charge is 2.11. The molecule has 0 radical (unpaired) electrons. The minimum absolute atomic E-state index is 0.190. The van der Waals surface area contributed by atoms with Gasteiger partial charge in [0.2, 0.25) is 0 Å². The van der Waals surface area contributed by atoms with Gasteiger partial charge in [0.15, 0.2) is 0 Å². The third kappa shape index (κ3) is 3.62. The summed E-state index contributed by atoms with van der Waals surface area (Å²) in [5, 5.41) is 7.66. The minimum Gasteiger partial charge on any atom is -0.309 e. The largest absolute Gasteiger partial charge is 0.309 e. The summed E-state index contributed by atoms with van der Waals surface area (Å²) in [5.74, 6) is -0.285. The molecule has 0 aliphatic carbocycles. The molecule has 0 aliphatic rings. The number of halogens is 1. The van der Waals surface area contributed by atoms with Crippen LogP contribution in [-0.4, -0.2) is 11.5 Å². The van der Waals surface area contributed by atoms with E-state index in [0.29, 0.717) is 0 Å². The Morgan fingerprint density at radius 2 is 2.28 bits per heavy atom. The first-order valence-corrected chi connectivity index (χ1v) is 7.09. The van der Waals surface area contributed by atoms with Crippen LogP contribution in [0.15, 0.2) is 35.2 Å². The molecule has 0 saturated heterocycles. The van der Waals surface area contributed by atoms with Crippen molar-refractivity contribution in [2.75, 3.05) is 6.54 Å². The topological polar surface area (TPSA) is 24.9 Å². The number of pyridine rings is 1. The van der Waals surface area contributed by atoms with E-state index < -0.39 is 0 Å². The van der Waals surface area contributed by atoms with E-state index in [0.717, 1.165) is 25.1 Å². The summed E-state index contributed by atoms with van der Waals surface area (Å²) in [6.07, 6.45) is 3.27. The normalized spacial score (nSPS) is 12.6. The Bertz CT molecular complexity index is 453. The molecule has 0 aromatic carbocycles. The molecule has 96 valence electrons. The highest BCUT2D eigenvalue weighted by Crippen LogP contribution is 2.18. The fraction of sp³-hybridized carbons (Fsp3) is 0.357. The van der Waals surface area contributed by atoms with Crippen LogP contribution in [0.3, 0.4) is 0 Å². The molecule has 1 unspecified atom stereocenters. The van der Waals surface area contributed by atoms with Crippen molar-refractivity contribution in [1.82, 2.24) is 10.3 Å². The minimum atomic E-state index is -0.285. The molecule has 2 heterocycles. The zero-order valence-electron chi connectivity index (χ0n) is 10.4. The summed E-state index contributed by atoms with van der Waals surface area (Å²) < 4.78 is 12.9. The Morgan fingerprint density at radius 3 is 2.89 bits per heavy atom. The molecule has 0 saturated carbocycles. The zero-order chi connectivity index (χ0) is 12.8. The highest BCUT2D eigenvalue weighted by atomic mass is 32.1. The van der Waals surface area contributed by atoms with Crippen molar-refractivity contribution in [3.8, 4) is 0 Å². The average molecular weight is 264 g/mol. The van der Waals surface area contributed by atoms with Crippen molar-refractivity contribution in [2.24, 2.45) is 0 Å². The maximum atomic E-state index is 12.9. The molecule has 0 aliphatic heterocycles. The molecule has 4 heteroatoms. The van der Waals surface area contributed by atoms with Crippen LogP contribution in [0.5, 0.6) is 0 Å². The van der Waals surface area contributed by atoms with Crippen molar-refractivity contribution < 1.29 is 4.39 Å². The van der Waals surface area contributed by atoms with Crippen LogP contribution in [0.4, 0.5) is 4.39 Å². The van der Waals surface area contributed by atoms with Gasteiger partial charge in [0.25, 0.3) is 0 Å². The van der Waals surface area contributed by atoms with Crippen LogP contribution < -0.4 is 5.32 Å². The van der Waals surface area contributed by atoms with E-state index in [1.165, 1.54) is 17.8 Å². The second-order valence-electron chi connectivity index (χ2n) is 4.18. The predicted octanol–water partition coefficient (Wildman–Crippen LogP) is 3.57. The van der Waals surface area contributed by atoms with Crippen molar-refractivity contribution in [2.45, 2.75) is 25.8 Å². The molecule has 18 heavy (non-hydrogen) atoms. The lowest BCUT2D eigenvalue weighted by molar-refractivity contribution is 0.501. The fourth-order valence-electron chi connectivity index (χ4n) is 1.94. The quantitative estimate of drug-likeness (QED) is 0.863. The van der Waals surface area contributed by atoms with Gasteiger partial charge in [0.1, 0.15) is 5.82 Å². The first kappa shape index (κ1) is 13.2. The van der Waals surface area contributed by atoms with Crippen LogP contribution in [0.2, 0.25) is 0 Å². The van der Waals surface area contributed by atoms with E-state index in [4.69, 9.17) is 0 Å². The lowest BCUT2D eigenvalue weighted by atomic mass is 10.0. The van der Waals surface area contributed by atoms with E-state index in [1.807, 2.05) is 0 Å². The molecule has 1 atom stereocenters. The summed E-state index contributed by atoms with van der Waals surface area (Å²) in [7, 11) is 0. The smallest absolute Gasteiger partial charge is 0.141 e. The number of nitrogens with zero attached hydrogens (tertiary/aromatic N) is 1. The zero-order valence-corrected chi connectivity index (χ0v) is 11.2. The molecule has 2 aromatic heterocycles. The Kier molecular flexibility index (Phi) is 4.84. The van der Waals surface area contributed by atoms with Gasteiger partial charge < -0.3 is 5.32 Å². The number of aromatic nitrogens is 1. The van der Waals surface area contributed by atoms with Gasteiger partial charge in [-0.3, -0.25) is 4.98 Å². The Labute approximate surface area is 111 Å². The molecule has 0 fully saturated rings. The van der Waals surface area contributed by atoms with E-state index in [9.17, 15) is 4.39 Å². The van der Waals surface area contributed by atoms with E-state index >= 15 is 0 Å². The number of aryl methyl sites for hydroxylation is 1. The molecule has 2 rings (SSSR count). The van der Waals surface area contributed by atoms with Gasteiger partial charge in [0, 0.05) is 6.04 Å². The Balaban J connectivity index is 2.01. The van der Waals surface area contributed by atoms with Crippen molar-refractivity contribution in [3.63, 3.8) is 0 Å². The maximum Gasteiger partial charge on any atom is 0.141 e. The van der Waals surface area contributed by atoms with Gasteiger partial charge in [-0.25, -0.2) is 4.39 Å². The van der Waals surface area contributed by atoms with Crippen molar-refractivity contribution >= 4 is 11.3 Å². The average Bonchev–Trinajstić information content (AvgIpc) is 2.89. The number of hydrogen-bond donors (Lipinski definition) is 1. The summed E-state index contributed by atoms with van der Waals surface area (Å²) in [6, 6.07) is 5.56. The molecule has 2 aromatic rings. The van der Waals surface area contributed by atoms with Crippen molar-refractivity contribution in [3.05, 3.63) is 52.2 Å². The summed E-state index contributed by atoms with van der Waals surface area (Å²) in [5.41, 5.74) is 2.26. The van der Waals surface area contributed by atoms with Gasteiger partial charge in [-0.15, -0.1) is 0 Å². The first-order valence-electron chi connectivity index (χ1n) is 6.15. The molecular weight excluding hydrogens is 247 g/mol. The SMILES string of the molecule is CCNC(CCc1ccsc1)c1ccc(F)cn1. The molecule has 0 bridgehead atoms. The summed E-state index contributed by atoms with van der Waals surface area (Å²) in [6.45, 7) is 2.95. The molecule has 2 nitrogen and oxygen atoms in total. The van der Waals surface area contributed by atoms with Gasteiger partial charge in [-0.1, -0.05) is 6.92 Å². The number of nitrogens with one attached hydrogen (secondary N) is 1. The standard InChI is InChI=1S/C14H17FN2S/c1-2-16-13(5-3-11-7-8-18-10-11)14-6-4-12(15)9-17-14/h4,6-10,13,16H,2-3,5H2,1H3. The molecule has 0 amide bonds. The second-order valence-corrected chi connectivity index (χ2v) is 4.96. The van der Waals surface area contributed by atoms with Gasteiger partial charge in [0.05, 0.1) is 11.9 Å². The second kappa shape index (κ2) is 6.61. The monoisotopic (exact) mass is 264 g/mol. The third-order valence-electron chi connectivity index (χ3n) is 2.86. The third-order valence-corrected chi connectivity index (χ3v) is 3.59. The molecule has 0 spiro atoms. The van der Waals surface area contributed by atoms with Crippen LogP contribution >= 0.6 is 11.3 Å². The van der Waals surface area contributed by atoms with Gasteiger partial charge >= 0.3 is 0 Å². The summed E-state index contributed by atoms with van der Waals surface area (Å²) in [4.78, 5) is 4.16. The number of thiophene rings is 1. The predicted molar refractivity (Wildman–Crippen MR) is 73.3 cm³/mol. The lowest BCUT2D eigenvalue weighted by Gasteiger charge is -2.16. The van der Waals surface area contributed by atoms with E-state index in [-0.39, 0.29) is 11.9 Å². The Hall–Kier alpha value is -1.26. The lowest BCUT2D eigenvalue weighted by Crippen LogP contribution is -2.22. The van der Waals surface area contributed by atoms with Gasteiger partial charge in [-0.05, 0) is 53.9 Å². The molecule has 1 N–H and O–H groups in total. The van der Waals surface area contributed by atoms with Crippen molar-refractivity contribution in [1.29, 1.82) is 0 Å². The summed E-state index contributed by atoms with van der Waals surface area (Å²) >= 11 is 1.72. The number of hydrogen-bond acceptors (Lipinski definition) is 3. The Morgan fingerprint density at radius 1 is 1.39 bits per heavy atom. The van der Waals surface area contributed by atoms with E-state index in [1.54, 1.807) is 17.4 Å². The maximum absolute atomic E-state index is 12.9. The highest BCUT2D eigenvalue weighted by molar-refractivity contribution is 7.07. The van der Waals surface area contributed by atoms with E-state index in [2.05, 4.69) is 34.1 Å².